The summed E-state index contributed by atoms with van der Waals surface area (Å²) < 4.78 is 0. The fourth-order valence-electron chi connectivity index (χ4n) is 1.69. The number of thioether (sulfide) groups is 1. The minimum Gasteiger partial charge on any atom is -0.379 e. The quantitative estimate of drug-likeness (QED) is 0.829. The molecule has 78 valence electrons. The molecule has 1 fully saturated rings. The van der Waals surface area contributed by atoms with Gasteiger partial charge in [0.1, 0.15) is 6.07 Å². The Hall–Kier alpha value is -1.21. The molecule has 0 bridgehead atoms. The predicted molar refractivity (Wildman–Crippen MR) is 62.9 cm³/mol. The fourth-order valence-corrected chi connectivity index (χ4v) is 2.76. The maximum atomic E-state index is 8.89. The van der Waals surface area contributed by atoms with Crippen LogP contribution in [0.25, 0.3) is 0 Å². The van der Waals surface area contributed by atoms with Gasteiger partial charge in [-0.1, -0.05) is 0 Å². The summed E-state index contributed by atoms with van der Waals surface area (Å²) in [6.45, 7) is 0. The first-order valence-corrected chi connectivity index (χ1v) is 6.25. The number of nitrogens with zero attached hydrogens (tertiary/aromatic N) is 2. The molecule has 0 aromatic carbocycles. The van der Waals surface area contributed by atoms with Gasteiger partial charge in [-0.3, -0.25) is 0 Å². The van der Waals surface area contributed by atoms with E-state index in [9.17, 15) is 0 Å². The molecule has 1 atom stereocenters. The Kier molecular flexibility index (Phi) is 3.46. The molecule has 1 aromatic heterocycles. The van der Waals surface area contributed by atoms with E-state index in [4.69, 9.17) is 5.26 Å². The van der Waals surface area contributed by atoms with Crippen LogP contribution < -0.4 is 5.32 Å². The Morgan fingerprint density at radius 3 is 3.27 bits per heavy atom. The van der Waals surface area contributed by atoms with Crippen molar-refractivity contribution in [2.75, 3.05) is 16.8 Å². The maximum Gasteiger partial charge on any atom is 0.163 e. The molecule has 0 radical (unpaired) electrons. The molecular weight excluding hydrogens is 206 g/mol. The molecule has 15 heavy (non-hydrogen) atoms. The zero-order chi connectivity index (χ0) is 10.5. The SMILES string of the molecule is N#Cc1ncccc1NC1CCCSC1. The highest BCUT2D eigenvalue weighted by molar-refractivity contribution is 7.99. The Morgan fingerprint density at radius 1 is 1.60 bits per heavy atom. The molecule has 1 aromatic rings. The lowest BCUT2D eigenvalue weighted by Crippen LogP contribution is -2.26. The molecule has 1 aliphatic rings. The molecule has 1 N–H and O–H groups in total. The van der Waals surface area contributed by atoms with E-state index < -0.39 is 0 Å². The lowest BCUT2D eigenvalue weighted by Gasteiger charge is -2.23. The average molecular weight is 219 g/mol. The normalized spacial score (nSPS) is 20.6. The Morgan fingerprint density at radius 2 is 2.53 bits per heavy atom. The highest BCUT2D eigenvalue weighted by atomic mass is 32.2. The second-order valence-corrected chi connectivity index (χ2v) is 4.72. The van der Waals surface area contributed by atoms with Gasteiger partial charge >= 0.3 is 0 Å². The van der Waals surface area contributed by atoms with E-state index in [1.54, 1.807) is 6.20 Å². The predicted octanol–water partition coefficient (Wildman–Crippen LogP) is 2.26. The first-order valence-electron chi connectivity index (χ1n) is 5.09. The van der Waals surface area contributed by atoms with Gasteiger partial charge in [0.15, 0.2) is 5.69 Å². The van der Waals surface area contributed by atoms with E-state index in [0.717, 1.165) is 11.4 Å². The summed E-state index contributed by atoms with van der Waals surface area (Å²) in [7, 11) is 0. The van der Waals surface area contributed by atoms with Gasteiger partial charge < -0.3 is 5.32 Å². The molecule has 1 unspecified atom stereocenters. The molecule has 0 spiro atoms. The largest absolute Gasteiger partial charge is 0.379 e. The van der Waals surface area contributed by atoms with Crippen molar-refractivity contribution in [1.82, 2.24) is 4.98 Å². The zero-order valence-corrected chi connectivity index (χ0v) is 9.26. The van der Waals surface area contributed by atoms with Crippen molar-refractivity contribution >= 4 is 17.4 Å². The van der Waals surface area contributed by atoms with Gasteiger partial charge in [-0.2, -0.15) is 17.0 Å². The Labute approximate surface area is 93.9 Å². The topological polar surface area (TPSA) is 48.7 Å². The summed E-state index contributed by atoms with van der Waals surface area (Å²) in [6.07, 6.45) is 4.09. The third-order valence-corrected chi connectivity index (χ3v) is 3.65. The number of pyridine rings is 1. The molecule has 1 aliphatic heterocycles. The van der Waals surface area contributed by atoms with Crippen LogP contribution in [-0.2, 0) is 0 Å². The van der Waals surface area contributed by atoms with Crippen molar-refractivity contribution in [3.8, 4) is 6.07 Å². The van der Waals surface area contributed by atoms with Crippen LogP contribution in [0.2, 0.25) is 0 Å². The van der Waals surface area contributed by atoms with E-state index in [1.807, 2.05) is 23.9 Å². The van der Waals surface area contributed by atoms with Gasteiger partial charge in [-0.05, 0) is 30.7 Å². The van der Waals surface area contributed by atoms with Crippen LogP contribution in [0.1, 0.15) is 18.5 Å². The van der Waals surface area contributed by atoms with Gasteiger partial charge in [0, 0.05) is 18.0 Å². The van der Waals surface area contributed by atoms with Gasteiger partial charge in [0.05, 0.1) is 5.69 Å². The van der Waals surface area contributed by atoms with Gasteiger partial charge in [-0.25, -0.2) is 4.98 Å². The van der Waals surface area contributed by atoms with Crippen molar-refractivity contribution in [1.29, 1.82) is 5.26 Å². The second-order valence-electron chi connectivity index (χ2n) is 3.57. The summed E-state index contributed by atoms with van der Waals surface area (Å²) in [5.41, 5.74) is 1.36. The molecule has 3 nitrogen and oxygen atoms in total. The average Bonchev–Trinajstić information content (AvgIpc) is 2.31. The van der Waals surface area contributed by atoms with Crippen LogP contribution in [0.5, 0.6) is 0 Å². The van der Waals surface area contributed by atoms with Crippen molar-refractivity contribution in [3.63, 3.8) is 0 Å². The number of aromatic nitrogens is 1. The third-order valence-electron chi connectivity index (χ3n) is 2.43. The maximum absolute atomic E-state index is 8.89. The van der Waals surface area contributed by atoms with Crippen molar-refractivity contribution in [2.45, 2.75) is 18.9 Å². The Balaban J connectivity index is 2.06. The molecule has 0 saturated carbocycles. The highest BCUT2D eigenvalue weighted by Crippen LogP contribution is 2.21. The number of hydrogen-bond acceptors (Lipinski definition) is 4. The number of anilines is 1. The van der Waals surface area contributed by atoms with Crippen LogP contribution >= 0.6 is 11.8 Å². The monoisotopic (exact) mass is 219 g/mol. The van der Waals surface area contributed by atoms with E-state index in [-0.39, 0.29) is 0 Å². The first-order chi connectivity index (χ1) is 7.40. The Bertz CT molecular complexity index is 366. The number of nitrogens with one attached hydrogen (secondary N) is 1. The van der Waals surface area contributed by atoms with Crippen LogP contribution in [0.3, 0.4) is 0 Å². The van der Waals surface area contributed by atoms with Crippen molar-refractivity contribution in [3.05, 3.63) is 24.0 Å². The van der Waals surface area contributed by atoms with Crippen LogP contribution in [-0.4, -0.2) is 22.5 Å². The standard InChI is InChI=1S/C11H13N3S/c12-7-11-10(4-1-5-13-11)14-9-3-2-6-15-8-9/h1,4-5,9,14H,2-3,6,8H2. The molecule has 4 heteroatoms. The number of nitriles is 1. The number of rotatable bonds is 2. The molecule has 0 aliphatic carbocycles. The van der Waals surface area contributed by atoms with Gasteiger partial charge in [0.2, 0.25) is 0 Å². The summed E-state index contributed by atoms with van der Waals surface area (Å²) >= 11 is 1.97. The van der Waals surface area contributed by atoms with Crippen molar-refractivity contribution < 1.29 is 0 Å². The summed E-state index contributed by atoms with van der Waals surface area (Å²) in [5.74, 6) is 2.39. The van der Waals surface area contributed by atoms with E-state index >= 15 is 0 Å². The van der Waals surface area contributed by atoms with E-state index in [0.29, 0.717) is 11.7 Å². The molecule has 2 rings (SSSR count). The minimum atomic E-state index is 0.486. The van der Waals surface area contributed by atoms with Crippen LogP contribution in [0, 0.1) is 11.3 Å². The van der Waals surface area contributed by atoms with E-state index in [1.165, 1.54) is 18.6 Å². The van der Waals surface area contributed by atoms with Crippen LogP contribution in [0.15, 0.2) is 18.3 Å². The highest BCUT2D eigenvalue weighted by Gasteiger charge is 2.14. The van der Waals surface area contributed by atoms with Crippen molar-refractivity contribution in [2.24, 2.45) is 0 Å². The smallest absolute Gasteiger partial charge is 0.163 e. The van der Waals surface area contributed by atoms with Gasteiger partial charge in [0.25, 0.3) is 0 Å². The molecular formula is C11H13N3S. The molecule has 1 saturated heterocycles. The molecule has 0 amide bonds. The summed E-state index contributed by atoms with van der Waals surface area (Å²) in [5, 5.41) is 12.3. The van der Waals surface area contributed by atoms with E-state index in [2.05, 4.69) is 16.4 Å². The minimum absolute atomic E-state index is 0.486. The molecule has 2 heterocycles. The fraction of sp³-hybridized carbons (Fsp3) is 0.455. The lowest BCUT2D eigenvalue weighted by molar-refractivity contribution is 0.684. The lowest BCUT2D eigenvalue weighted by atomic mass is 10.1. The van der Waals surface area contributed by atoms with Gasteiger partial charge in [-0.15, -0.1) is 0 Å². The zero-order valence-electron chi connectivity index (χ0n) is 8.44. The summed E-state index contributed by atoms with van der Waals surface area (Å²) in [4.78, 5) is 4.03. The number of hydrogen-bond donors (Lipinski definition) is 1. The summed E-state index contributed by atoms with van der Waals surface area (Å²) in [6, 6.07) is 6.37. The third kappa shape index (κ3) is 2.63. The second kappa shape index (κ2) is 5.04. The van der Waals surface area contributed by atoms with Crippen LogP contribution in [0.4, 0.5) is 5.69 Å². The first kappa shape index (κ1) is 10.3.